The molecule has 90 valence electrons. The predicted molar refractivity (Wildman–Crippen MR) is 54.4 cm³/mol. The van der Waals surface area contributed by atoms with Gasteiger partial charge in [0, 0.05) is 0 Å². The van der Waals surface area contributed by atoms with E-state index in [2.05, 4.69) is 10.6 Å². The van der Waals surface area contributed by atoms with Crippen molar-refractivity contribution in [2.24, 2.45) is 22.3 Å². The molecule has 0 bridgehead atoms. The van der Waals surface area contributed by atoms with Crippen molar-refractivity contribution in [3.63, 3.8) is 0 Å². The molecule has 10 nitrogen and oxygen atoms in total. The summed E-state index contributed by atoms with van der Waals surface area (Å²) < 4.78 is 0. The molecule has 0 spiro atoms. The third-order valence-corrected chi connectivity index (χ3v) is 2.98. The van der Waals surface area contributed by atoms with Crippen LogP contribution < -0.4 is 11.7 Å². The van der Waals surface area contributed by atoms with E-state index >= 15 is 0 Å². The molecule has 0 aromatic rings. The second-order valence-electron chi connectivity index (χ2n) is 3.99. The summed E-state index contributed by atoms with van der Waals surface area (Å²) in [5.74, 6) is 11.5. The molecule has 2 saturated heterocycles. The second kappa shape index (κ2) is 4.25. The molecule has 10 heteroatoms. The Morgan fingerprint density at radius 3 is 1.50 bits per heavy atom. The van der Waals surface area contributed by atoms with E-state index in [0.717, 1.165) is 0 Å². The van der Waals surface area contributed by atoms with Crippen molar-refractivity contribution in [2.75, 3.05) is 26.4 Å². The van der Waals surface area contributed by atoms with Crippen LogP contribution in [0.2, 0.25) is 0 Å². The van der Waals surface area contributed by atoms with Crippen LogP contribution in [-0.4, -0.2) is 58.5 Å². The van der Waals surface area contributed by atoms with Crippen LogP contribution in [0.15, 0.2) is 10.6 Å². The zero-order chi connectivity index (χ0) is 11.7. The van der Waals surface area contributed by atoms with Crippen LogP contribution in [0.25, 0.3) is 0 Å². The monoisotopic (exact) mass is 230 g/mol. The van der Waals surface area contributed by atoms with E-state index in [1.54, 1.807) is 0 Å². The molecule has 0 saturated carbocycles. The molecule has 2 unspecified atom stereocenters. The van der Waals surface area contributed by atoms with Gasteiger partial charge in [-0.15, -0.1) is 9.81 Å². The lowest BCUT2D eigenvalue weighted by molar-refractivity contribution is 0.143. The van der Waals surface area contributed by atoms with E-state index in [0.29, 0.717) is 13.1 Å². The van der Waals surface area contributed by atoms with Gasteiger partial charge in [-0.3, -0.25) is 11.7 Å². The fraction of sp³-hybridized carbons (Fsp3) is 1.00. The first-order chi connectivity index (χ1) is 7.65. The van der Waals surface area contributed by atoms with Gasteiger partial charge in [-0.1, -0.05) is 0 Å². The van der Waals surface area contributed by atoms with Gasteiger partial charge in [-0.2, -0.15) is 0 Å². The van der Waals surface area contributed by atoms with Gasteiger partial charge in [-0.25, -0.2) is 20.0 Å². The molecule has 0 amide bonds. The van der Waals surface area contributed by atoms with Gasteiger partial charge in [0.25, 0.3) is 0 Å². The van der Waals surface area contributed by atoms with Crippen molar-refractivity contribution in [2.45, 2.75) is 12.1 Å². The number of nitroso groups, excluding NO2 is 2. The van der Waals surface area contributed by atoms with Crippen LogP contribution in [-0.2, 0) is 0 Å². The van der Waals surface area contributed by atoms with Gasteiger partial charge in [-0.05, 0) is 0 Å². The molecule has 2 atom stereocenters. The quantitative estimate of drug-likeness (QED) is 0.420. The maximum atomic E-state index is 10.4. The molecule has 0 aromatic heterocycles. The summed E-state index contributed by atoms with van der Waals surface area (Å²) in [5.41, 5.74) is 0. The van der Waals surface area contributed by atoms with Crippen LogP contribution in [0.5, 0.6) is 0 Å². The first kappa shape index (κ1) is 11.1. The van der Waals surface area contributed by atoms with Crippen LogP contribution in [0.1, 0.15) is 0 Å². The van der Waals surface area contributed by atoms with Crippen molar-refractivity contribution in [3.8, 4) is 0 Å². The summed E-state index contributed by atoms with van der Waals surface area (Å²) in [6, 6.07) is -0.260. The maximum Gasteiger partial charge on any atom is 0.104 e. The highest BCUT2D eigenvalue weighted by Gasteiger charge is 2.41. The summed E-state index contributed by atoms with van der Waals surface area (Å²) in [7, 11) is 0. The lowest BCUT2D eigenvalue weighted by Gasteiger charge is -2.26. The number of nitrogens with two attached hydrogens (primary N) is 2. The van der Waals surface area contributed by atoms with Gasteiger partial charge in [0.05, 0.1) is 35.7 Å². The van der Waals surface area contributed by atoms with Crippen LogP contribution >= 0.6 is 0 Å². The number of nitrogens with zero attached hydrogens (tertiary/aromatic N) is 6. The van der Waals surface area contributed by atoms with E-state index in [-0.39, 0.29) is 25.4 Å². The molecule has 4 N–H and O–H groups in total. The van der Waals surface area contributed by atoms with E-state index in [4.69, 9.17) is 11.7 Å². The van der Waals surface area contributed by atoms with Gasteiger partial charge in [0.15, 0.2) is 0 Å². The highest BCUT2D eigenvalue weighted by atomic mass is 16.3. The average Bonchev–Trinajstić information content (AvgIpc) is 2.81. The molecule has 0 radical (unpaired) electrons. The van der Waals surface area contributed by atoms with E-state index in [9.17, 15) is 9.81 Å². The molecule has 2 aliphatic rings. The highest BCUT2D eigenvalue weighted by Crippen LogP contribution is 2.20. The normalized spacial score (nSPS) is 32.4. The topological polar surface area (TPSA) is 124 Å². The molecular weight excluding hydrogens is 216 g/mol. The van der Waals surface area contributed by atoms with E-state index in [1.165, 1.54) is 20.0 Å². The van der Waals surface area contributed by atoms with Crippen LogP contribution in [0.3, 0.4) is 0 Å². The first-order valence-corrected chi connectivity index (χ1v) is 4.85. The number of rotatable bonds is 3. The summed E-state index contributed by atoms with van der Waals surface area (Å²) in [4.78, 5) is 20.8. The predicted octanol–water partition coefficient (Wildman–Crippen LogP) is -2.02. The number of hydrogen-bond donors (Lipinski definition) is 2. The lowest BCUT2D eigenvalue weighted by atomic mass is 10.1. The Labute approximate surface area is 91.5 Å². The molecule has 16 heavy (non-hydrogen) atoms. The van der Waals surface area contributed by atoms with Gasteiger partial charge >= 0.3 is 0 Å². The molecule has 0 aromatic carbocycles. The summed E-state index contributed by atoms with van der Waals surface area (Å²) in [6.07, 6.45) is 0. The van der Waals surface area contributed by atoms with Crippen molar-refractivity contribution in [1.29, 1.82) is 0 Å². The Kier molecular flexibility index (Phi) is 2.96. The van der Waals surface area contributed by atoms with Crippen molar-refractivity contribution in [3.05, 3.63) is 9.81 Å². The zero-order valence-electron chi connectivity index (χ0n) is 8.64. The summed E-state index contributed by atoms with van der Waals surface area (Å²) in [6.45, 7) is 1.36. The van der Waals surface area contributed by atoms with Crippen LogP contribution in [0, 0.1) is 9.81 Å². The maximum absolute atomic E-state index is 10.4. The third kappa shape index (κ3) is 1.82. The fourth-order valence-electron chi connectivity index (χ4n) is 2.15. The zero-order valence-corrected chi connectivity index (χ0v) is 8.64. The first-order valence-electron chi connectivity index (χ1n) is 4.85. The minimum absolute atomic E-state index is 0.130. The summed E-state index contributed by atoms with van der Waals surface area (Å²) >= 11 is 0. The van der Waals surface area contributed by atoms with Gasteiger partial charge in [0.2, 0.25) is 0 Å². The van der Waals surface area contributed by atoms with Crippen molar-refractivity contribution < 1.29 is 0 Å². The van der Waals surface area contributed by atoms with Crippen molar-refractivity contribution in [1.82, 2.24) is 20.0 Å². The molecule has 2 heterocycles. The Hall–Kier alpha value is -1.36. The molecule has 2 rings (SSSR count). The SMILES string of the molecule is NN1CN(N=O)CC1C1CN(N=O)CN1N. The smallest absolute Gasteiger partial charge is 0.104 e. The third-order valence-electron chi connectivity index (χ3n) is 2.98. The minimum atomic E-state index is -0.130. The molecule has 0 aliphatic carbocycles. The van der Waals surface area contributed by atoms with Gasteiger partial charge in [0.1, 0.15) is 13.3 Å². The standard InChI is InChI=1S/C6H14N8O2/c7-13-3-11(9-15)1-5(13)6-2-12(10-16)4-14(6)8/h5-6H,1-4,7-8H2. The number of hydrazine groups is 2. The molecule has 2 fully saturated rings. The average molecular weight is 230 g/mol. The van der Waals surface area contributed by atoms with Gasteiger partial charge < -0.3 is 0 Å². The molecular formula is C6H14N8O2. The van der Waals surface area contributed by atoms with Crippen molar-refractivity contribution >= 4 is 0 Å². The molecule has 2 aliphatic heterocycles. The largest absolute Gasteiger partial charge is 0.267 e. The minimum Gasteiger partial charge on any atom is -0.267 e. The Balaban J connectivity index is 2.02. The Bertz CT molecular complexity index is 260. The highest BCUT2D eigenvalue weighted by molar-refractivity contribution is 4.93. The Morgan fingerprint density at radius 2 is 1.25 bits per heavy atom. The van der Waals surface area contributed by atoms with Crippen LogP contribution in [0.4, 0.5) is 0 Å². The number of hydrogen-bond acceptors (Lipinski definition) is 8. The Morgan fingerprint density at radius 1 is 0.875 bits per heavy atom. The van der Waals surface area contributed by atoms with E-state index < -0.39 is 0 Å². The lowest BCUT2D eigenvalue weighted by Crippen LogP contribution is -2.53. The fourth-order valence-corrected chi connectivity index (χ4v) is 2.15. The van der Waals surface area contributed by atoms with E-state index in [1.807, 2.05) is 0 Å². The second-order valence-corrected chi connectivity index (χ2v) is 3.99. The summed E-state index contributed by atoms with van der Waals surface area (Å²) in [5, 5.41) is 11.3.